The first kappa shape index (κ1) is 12.8. The van der Waals surface area contributed by atoms with E-state index in [0.29, 0.717) is 11.3 Å². The van der Waals surface area contributed by atoms with Gasteiger partial charge in [-0.25, -0.2) is 8.78 Å². The van der Waals surface area contributed by atoms with E-state index in [2.05, 4.69) is 0 Å². The second-order valence-electron chi connectivity index (χ2n) is 4.73. The lowest BCUT2D eigenvalue weighted by Gasteiger charge is -2.09. The van der Waals surface area contributed by atoms with Gasteiger partial charge in [-0.3, -0.25) is 0 Å². The summed E-state index contributed by atoms with van der Waals surface area (Å²) in [6.07, 6.45) is 0.256. The lowest BCUT2D eigenvalue weighted by Crippen LogP contribution is -2.13. The predicted molar refractivity (Wildman–Crippen MR) is 73.2 cm³/mol. The summed E-state index contributed by atoms with van der Waals surface area (Å²) < 4.78 is 32.1. The summed E-state index contributed by atoms with van der Waals surface area (Å²) in [5, 5.41) is 0.956. The summed E-state index contributed by atoms with van der Waals surface area (Å²) in [6, 6.07) is 12.4. The summed E-state index contributed by atoms with van der Waals surface area (Å²) in [6.45, 7) is 0. The fraction of sp³-hybridized carbons (Fsp3) is 0.125. The van der Waals surface area contributed by atoms with Gasteiger partial charge in [0.05, 0.1) is 6.04 Å². The van der Waals surface area contributed by atoms with Crippen molar-refractivity contribution in [3.8, 4) is 0 Å². The molecule has 1 aromatic heterocycles. The Morgan fingerprint density at radius 1 is 1.05 bits per heavy atom. The third-order valence-electron chi connectivity index (χ3n) is 3.26. The molecule has 0 bridgehead atoms. The number of fused-ring (bicyclic) bond motifs is 1. The fourth-order valence-electron chi connectivity index (χ4n) is 2.21. The Morgan fingerprint density at radius 2 is 1.85 bits per heavy atom. The van der Waals surface area contributed by atoms with Crippen LogP contribution in [0.25, 0.3) is 11.0 Å². The first-order valence-electron chi connectivity index (χ1n) is 6.31. The molecular formula is C16H13F2NO. The van der Waals surface area contributed by atoms with Gasteiger partial charge in [-0.1, -0.05) is 24.3 Å². The third kappa shape index (κ3) is 2.42. The van der Waals surface area contributed by atoms with Crippen LogP contribution in [0, 0.1) is 11.6 Å². The molecule has 20 heavy (non-hydrogen) atoms. The molecule has 1 unspecified atom stereocenters. The maximum absolute atomic E-state index is 13.6. The van der Waals surface area contributed by atoms with E-state index in [1.54, 1.807) is 0 Å². The maximum atomic E-state index is 13.6. The Bertz CT molecular complexity index is 718. The molecule has 2 N–H and O–H groups in total. The van der Waals surface area contributed by atoms with Gasteiger partial charge in [0.25, 0.3) is 0 Å². The van der Waals surface area contributed by atoms with Crippen LogP contribution in [0.3, 0.4) is 0 Å². The Hall–Kier alpha value is -2.20. The maximum Gasteiger partial charge on any atom is 0.134 e. The van der Waals surface area contributed by atoms with Crippen molar-refractivity contribution in [2.24, 2.45) is 5.73 Å². The zero-order valence-electron chi connectivity index (χ0n) is 10.6. The second-order valence-corrected chi connectivity index (χ2v) is 4.73. The van der Waals surface area contributed by atoms with Gasteiger partial charge in [0.2, 0.25) is 0 Å². The molecule has 1 atom stereocenters. The highest BCUT2D eigenvalue weighted by atomic mass is 19.1. The number of hydrogen-bond donors (Lipinski definition) is 1. The van der Waals surface area contributed by atoms with Gasteiger partial charge in [0.1, 0.15) is 23.0 Å². The highest BCUT2D eigenvalue weighted by Crippen LogP contribution is 2.25. The number of nitrogens with two attached hydrogens (primary N) is 1. The van der Waals surface area contributed by atoms with Crippen LogP contribution < -0.4 is 5.73 Å². The molecule has 1 heterocycles. The lowest BCUT2D eigenvalue weighted by molar-refractivity contribution is 0.486. The molecule has 2 aromatic carbocycles. The molecule has 0 saturated heterocycles. The van der Waals surface area contributed by atoms with Gasteiger partial charge < -0.3 is 10.2 Å². The first-order valence-corrected chi connectivity index (χ1v) is 6.31. The predicted octanol–water partition coefficient (Wildman–Crippen LogP) is 3.95. The number of hydrogen-bond acceptors (Lipinski definition) is 2. The van der Waals surface area contributed by atoms with Crippen LogP contribution in [0.2, 0.25) is 0 Å². The Morgan fingerprint density at radius 3 is 2.60 bits per heavy atom. The summed E-state index contributed by atoms with van der Waals surface area (Å²) in [5.74, 6) is -0.588. The summed E-state index contributed by atoms with van der Waals surface area (Å²) >= 11 is 0. The van der Waals surface area contributed by atoms with Crippen molar-refractivity contribution in [3.63, 3.8) is 0 Å². The minimum absolute atomic E-state index is 0.256. The van der Waals surface area contributed by atoms with Crippen LogP contribution in [0.15, 0.2) is 52.9 Å². The number of benzene rings is 2. The average molecular weight is 273 g/mol. The molecule has 3 aromatic rings. The number of para-hydroxylation sites is 1. The summed E-state index contributed by atoms with van der Waals surface area (Å²) in [5.41, 5.74) is 7.17. The van der Waals surface area contributed by atoms with Gasteiger partial charge in [0.15, 0.2) is 0 Å². The van der Waals surface area contributed by atoms with Crippen LogP contribution >= 0.6 is 0 Å². The van der Waals surface area contributed by atoms with E-state index in [1.165, 1.54) is 12.1 Å². The molecule has 0 fully saturated rings. The van der Waals surface area contributed by atoms with Crippen LogP contribution in [0.4, 0.5) is 8.78 Å². The standard InChI is InChI=1S/C16H13F2NO/c17-12-6-5-10(13(18)9-12)7-14(19)16-8-11-3-1-2-4-15(11)20-16/h1-6,8-9,14H,7,19H2. The van der Waals surface area contributed by atoms with Gasteiger partial charge in [0, 0.05) is 11.5 Å². The van der Waals surface area contributed by atoms with E-state index in [9.17, 15) is 8.78 Å². The summed E-state index contributed by atoms with van der Waals surface area (Å²) in [7, 11) is 0. The van der Waals surface area contributed by atoms with Crippen LogP contribution in [0.1, 0.15) is 17.4 Å². The summed E-state index contributed by atoms with van der Waals surface area (Å²) in [4.78, 5) is 0. The normalized spacial score (nSPS) is 12.8. The Balaban J connectivity index is 1.86. The molecule has 102 valence electrons. The first-order chi connectivity index (χ1) is 9.63. The minimum Gasteiger partial charge on any atom is -0.459 e. The average Bonchev–Trinajstić information content (AvgIpc) is 2.86. The third-order valence-corrected chi connectivity index (χ3v) is 3.26. The molecule has 0 saturated carbocycles. The highest BCUT2D eigenvalue weighted by Gasteiger charge is 2.15. The quantitative estimate of drug-likeness (QED) is 0.784. The molecule has 0 spiro atoms. The van der Waals surface area contributed by atoms with Crippen LogP contribution in [-0.2, 0) is 6.42 Å². The molecule has 0 radical (unpaired) electrons. The van der Waals surface area contributed by atoms with Crippen molar-refractivity contribution in [3.05, 3.63) is 71.5 Å². The Kier molecular flexibility index (Phi) is 3.24. The zero-order chi connectivity index (χ0) is 14.1. The van der Waals surface area contributed by atoms with E-state index < -0.39 is 17.7 Å². The van der Waals surface area contributed by atoms with Crippen LogP contribution in [0.5, 0.6) is 0 Å². The molecule has 0 aliphatic heterocycles. The van der Waals surface area contributed by atoms with Crippen molar-refractivity contribution in [2.45, 2.75) is 12.5 Å². The molecular weight excluding hydrogens is 260 g/mol. The molecule has 0 amide bonds. The molecule has 0 aliphatic carbocycles. The largest absolute Gasteiger partial charge is 0.459 e. The lowest BCUT2D eigenvalue weighted by atomic mass is 10.0. The van der Waals surface area contributed by atoms with Crippen molar-refractivity contribution >= 4 is 11.0 Å². The monoisotopic (exact) mass is 273 g/mol. The van der Waals surface area contributed by atoms with Crippen molar-refractivity contribution < 1.29 is 13.2 Å². The molecule has 0 aliphatic rings. The van der Waals surface area contributed by atoms with Crippen molar-refractivity contribution in [2.75, 3.05) is 0 Å². The number of halogens is 2. The molecule has 2 nitrogen and oxygen atoms in total. The van der Waals surface area contributed by atoms with Gasteiger partial charge in [-0.2, -0.15) is 0 Å². The van der Waals surface area contributed by atoms with Crippen molar-refractivity contribution in [1.29, 1.82) is 0 Å². The number of rotatable bonds is 3. The van der Waals surface area contributed by atoms with Crippen LogP contribution in [-0.4, -0.2) is 0 Å². The van der Waals surface area contributed by atoms with E-state index >= 15 is 0 Å². The highest BCUT2D eigenvalue weighted by molar-refractivity contribution is 5.77. The van der Waals surface area contributed by atoms with E-state index in [0.717, 1.165) is 17.0 Å². The van der Waals surface area contributed by atoms with E-state index in [-0.39, 0.29) is 6.42 Å². The van der Waals surface area contributed by atoms with E-state index in [1.807, 2.05) is 30.3 Å². The minimum atomic E-state index is -0.594. The zero-order valence-corrected chi connectivity index (χ0v) is 10.6. The van der Waals surface area contributed by atoms with Gasteiger partial charge >= 0.3 is 0 Å². The number of furan rings is 1. The van der Waals surface area contributed by atoms with Crippen molar-refractivity contribution in [1.82, 2.24) is 0 Å². The van der Waals surface area contributed by atoms with E-state index in [4.69, 9.17) is 10.2 Å². The topological polar surface area (TPSA) is 39.2 Å². The Labute approximate surface area is 114 Å². The SMILES string of the molecule is NC(Cc1ccc(F)cc1F)c1cc2ccccc2o1. The second kappa shape index (κ2) is 5.06. The van der Waals surface area contributed by atoms with Gasteiger partial charge in [-0.15, -0.1) is 0 Å². The smallest absolute Gasteiger partial charge is 0.134 e. The molecule has 4 heteroatoms. The van der Waals surface area contributed by atoms with Gasteiger partial charge in [-0.05, 0) is 30.2 Å². The fourth-order valence-corrected chi connectivity index (χ4v) is 2.21. The molecule has 3 rings (SSSR count).